The number of ether oxygens (including phenoxy) is 1. The van der Waals surface area contributed by atoms with Crippen LogP contribution in [0.1, 0.15) is 24.0 Å². The molecule has 2 aromatic carbocycles. The van der Waals surface area contributed by atoms with Gasteiger partial charge >= 0.3 is 0 Å². The first-order valence-electron chi connectivity index (χ1n) is 10.2. The average Bonchev–Trinajstić information content (AvgIpc) is 3.23. The molecule has 1 aliphatic heterocycles. The number of tetrazole rings is 1. The minimum absolute atomic E-state index is 0.127. The second-order valence-electron chi connectivity index (χ2n) is 7.54. The average molecular weight is 406 g/mol. The van der Waals surface area contributed by atoms with Crippen molar-refractivity contribution in [2.45, 2.75) is 32.2 Å². The second kappa shape index (κ2) is 8.94. The molecule has 0 spiro atoms. The van der Waals surface area contributed by atoms with Crippen LogP contribution in [0.5, 0.6) is 5.75 Å². The molecule has 30 heavy (non-hydrogen) atoms. The highest BCUT2D eigenvalue weighted by molar-refractivity contribution is 5.79. The summed E-state index contributed by atoms with van der Waals surface area (Å²) in [6.45, 7) is 3.46. The van der Waals surface area contributed by atoms with Crippen LogP contribution in [0.2, 0.25) is 0 Å². The number of hydrogen-bond donors (Lipinski definition) is 1. The molecule has 0 aliphatic carbocycles. The van der Waals surface area contributed by atoms with E-state index in [1.165, 1.54) is 5.56 Å². The van der Waals surface area contributed by atoms with E-state index >= 15 is 0 Å². The molecule has 0 saturated carbocycles. The molecule has 1 aliphatic rings. The zero-order valence-electron chi connectivity index (χ0n) is 17.3. The van der Waals surface area contributed by atoms with Crippen LogP contribution in [0.4, 0.5) is 5.95 Å². The molecule has 8 heteroatoms. The van der Waals surface area contributed by atoms with Crippen molar-refractivity contribution in [1.82, 2.24) is 25.1 Å². The Kier molecular flexibility index (Phi) is 5.92. The van der Waals surface area contributed by atoms with Crippen molar-refractivity contribution in [3.63, 3.8) is 0 Å². The van der Waals surface area contributed by atoms with Crippen LogP contribution in [0, 0.1) is 6.92 Å². The number of likely N-dealkylation sites (tertiary alicyclic amines) is 1. The Labute approximate surface area is 175 Å². The molecule has 4 rings (SSSR count). The molecule has 1 saturated heterocycles. The Morgan fingerprint density at radius 1 is 1.13 bits per heavy atom. The molecule has 1 amide bonds. The van der Waals surface area contributed by atoms with Gasteiger partial charge in [-0.05, 0) is 48.4 Å². The number of rotatable bonds is 6. The number of nitrogens with one attached hydrogen (secondary N) is 1. The number of nitrogens with zero attached hydrogens (tertiary/aromatic N) is 5. The number of aromatic nitrogens is 4. The summed E-state index contributed by atoms with van der Waals surface area (Å²) < 4.78 is 7.07. The van der Waals surface area contributed by atoms with Crippen LogP contribution >= 0.6 is 0 Å². The Bertz CT molecular complexity index is 993. The SMILES string of the molecule is COc1ccccc1CC(=O)N1CCC(Nc2nnnn2-c2ccc(C)cc2)CC1. The van der Waals surface area contributed by atoms with E-state index in [-0.39, 0.29) is 11.9 Å². The van der Waals surface area contributed by atoms with Gasteiger partial charge in [0.15, 0.2) is 0 Å². The van der Waals surface area contributed by atoms with Gasteiger partial charge in [-0.25, -0.2) is 0 Å². The Balaban J connectivity index is 1.34. The van der Waals surface area contributed by atoms with E-state index in [2.05, 4.69) is 20.8 Å². The molecule has 1 aromatic heterocycles. The van der Waals surface area contributed by atoms with Crippen LogP contribution in [-0.2, 0) is 11.2 Å². The van der Waals surface area contributed by atoms with Crippen molar-refractivity contribution in [1.29, 1.82) is 0 Å². The Morgan fingerprint density at radius 2 is 1.87 bits per heavy atom. The van der Waals surface area contributed by atoms with E-state index in [1.54, 1.807) is 11.8 Å². The molecular formula is C22H26N6O2. The maximum Gasteiger partial charge on any atom is 0.247 e. The first kappa shape index (κ1) is 19.9. The Morgan fingerprint density at radius 3 is 2.60 bits per heavy atom. The number of carbonyl (C=O) groups is 1. The number of carbonyl (C=O) groups excluding carboxylic acids is 1. The first-order valence-corrected chi connectivity index (χ1v) is 10.2. The van der Waals surface area contributed by atoms with Crippen LogP contribution in [0.3, 0.4) is 0 Å². The highest BCUT2D eigenvalue weighted by Gasteiger charge is 2.24. The summed E-state index contributed by atoms with van der Waals surface area (Å²) in [6.07, 6.45) is 2.05. The number of hydrogen-bond acceptors (Lipinski definition) is 6. The number of aryl methyl sites for hydroxylation is 1. The maximum absolute atomic E-state index is 12.7. The van der Waals surface area contributed by atoms with Crippen molar-refractivity contribution < 1.29 is 9.53 Å². The minimum atomic E-state index is 0.127. The van der Waals surface area contributed by atoms with Crippen molar-refractivity contribution in [2.24, 2.45) is 0 Å². The van der Waals surface area contributed by atoms with Gasteiger partial charge in [0.25, 0.3) is 0 Å². The fraction of sp³-hybridized carbons (Fsp3) is 0.364. The molecule has 0 radical (unpaired) electrons. The summed E-state index contributed by atoms with van der Waals surface area (Å²) in [5, 5.41) is 15.5. The normalized spacial score (nSPS) is 14.5. The predicted octanol–water partition coefficient (Wildman–Crippen LogP) is 2.62. The summed E-state index contributed by atoms with van der Waals surface area (Å²) >= 11 is 0. The van der Waals surface area contributed by atoms with E-state index in [0.717, 1.165) is 29.8 Å². The number of amides is 1. The highest BCUT2D eigenvalue weighted by Crippen LogP contribution is 2.21. The monoisotopic (exact) mass is 406 g/mol. The van der Waals surface area contributed by atoms with E-state index < -0.39 is 0 Å². The smallest absolute Gasteiger partial charge is 0.247 e. The Hall–Kier alpha value is -3.42. The third-order valence-corrected chi connectivity index (χ3v) is 5.46. The van der Waals surface area contributed by atoms with Gasteiger partial charge in [-0.3, -0.25) is 4.79 Å². The quantitative estimate of drug-likeness (QED) is 0.677. The lowest BCUT2D eigenvalue weighted by atomic mass is 10.0. The number of piperidine rings is 1. The van der Waals surface area contributed by atoms with Gasteiger partial charge < -0.3 is 15.0 Å². The first-order chi connectivity index (χ1) is 14.6. The lowest BCUT2D eigenvalue weighted by Gasteiger charge is -2.32. The van der Waals surface area contributed by atoms with Crippen LogP contribution in [0.25, 0.3) is 5.69 Å². The van der Waals surface area contributed by atoms with Gasteiger partial charge in [0, 0.05) is 24.7 Å². The molecule has 156 valence electrons. The number of para-hydroxylation sites is 1. The molecule has 0 unspecified atom stereocenters. The van der Waals surface area contributed by atoms with Gasteiger partial charge in [-0.1, -0.05) is 41.0 Å². The lowest BCUT2D eigenvalue weighted by molar-refractivity contribution is -0.131. The fourth-order valence-electron chi connectivity index (χ4n) is 3.72. The van der Waals surface area contributed by atoms with E-state index in [1.807, 2.05) is 60.4 Å². The fourth-order valence-corrected chi connectivity index (χ4v) is 3.72. The van der Waals surface area contributed by atoms with Crippen molar-refractivity contribution in [3.05, 3.63) is 59.7 Å². The zero-order chi connectivity index (χ0) is 20.9. The summed E-state index contributed by atoms with van der Waals surface area (Å²) in [4.78, 5) is 14.7. The van der Waals surface area contributed by atoms with Crippen LogP contribution in [0.15, 0.2) is 48.5 Å². The van der Waals surface area contributed by atoms with E-state index in [9.17, 15) is 4.79 Å². The maximum atomic E-state index is 12.7. The number of benzene rings is 2. The van der Waals surface area contributed by atoms with Crippen molar-refractivity contribution in [2.75, 3.05) is 25.5 Å². The van der Waals surface area contributed by atoms with Gasteiger partial charge in [0.1, 0.15) is 5.75 Å². The topological polar surface area (TPSA) is 85.2 Å². The summed E-state index contributed by atoms with van der Waals surface area (Å²) in [6, 6.07) is 15.9. The standard InChI is InChI=1S/C22H26N6O2/c1-16-7-9-19(10-8-16)28-22(24-25-26-28)23-18-11-13-27(14-12-18)21(29)15-17-5-3-4-6-20(17)30-2/h3-10,18H,11-15H2,1-2H3,(H,23,24,26). The zero-order valence-corrected chi connectivity index (χ0v) is 17.3. The van der Waals surface area contributed by atoms with Gasteiger partial charge in [-0.2, -0.15) is 4.68 Å². The van der Waals surface area contributed by atoms with Crippen molar-refractivity contribution >= 4 is 11.9 Å². The summed E-state index contributed by atoms with van der Waals surface area (Å²) in [5.74, 6) is 1.51. The molecule has 2 heterocycles. The summed E-state index contributed by atoms with van der Waals surface area (Å²) in [7, 11) is 1.63. The third kappa shape index (κ3) is 4.42. The molecule has 0 atom stereocenters. The lowest BCUT2D eigenvalue weighted by Crippen LogP contribution is -2.43. The van der Waals surface area contributed by atoms with E-state index in [0.29, 0.717) is 25.5 Å². The largest absolute Gasteiger partial charge is 0.496 e. The second-order valence-corrected chi connectivity index (χ2v) is 7.54. The number of anilines is 1. The van der Waals surface area contributed by atoms with Gasteiger partial charge in [0.2, 0.25) is 11.9 Å². The highest BCUT2D eigenvalue weighted by atomic mass is 16.5. The van der Waals surface area contributed by atoms with E-state index in [4.69, 9.17) is 4.74 Å². The third-order valence-electron chi connectivity index (χ3n) is 5.46. The molecular weight excluding hydrogens is 380 g/mol. The van der Waals surface area contributed by atoms with Crippen molar-refractivity contribution in [3.8, 4) is 11.4 Å². The van der Waals surface area contributed by atoms with Gasteiger partial charge in [0.05, 0.1) is 19.2 Å². The molecule has 1 fully saturated rings. The molecule has 1 N–H and O–H groups in total. The van der Waals surface area contributed by atoms with Crippen LogP contribution < -0.4 is 10.1 Å². The summed E-state index contributed by atoms with van der Waals surface area (Å²) in [5.41, 5.74) is 3.02. The number of methoxy groups -OCH3 is 1. The van der Waals surface area contributed by atoms with Crippen LogP contribution in [-0.4, -0.2) is 57.3 Å². The minimum Gasteiger partial charge on any atom is -0.496 e. The predicted molar refractivity (Wildman–Crippen MR) is 114 cm³/mol. The molecule has 8 nitrogen and oxygen atoms in total. The van der Waals surface area contributed by atoms with Gasteiger partial charge in [-0.15, -0.1) is 0 Å². The molecule has 0 bridgehead atoms. The molecule has 3 aromatic rings.